The fourth-order valence-corrected chi connectivity index (χ4v) is 6.05. The molecule has 35 heavy (non-hydrogen) atoms. The summed E-state index contributed by atoms with van der Waals surface area (Å²) in [6.45, 7) is 4.84. The Bertz CT molecular complexity index is 1250. The molecule has 0 N–H and O–H groups in total. The summed E-state index contributed by atoms with van der Waals surface area (Å²) in [7, 11) is 0. The zero-order valence-corrected chi connectivity index (χ0v) is 19.7. The topological polar surface area (TPSA) is 68.2 Å². The number of hydrogen-bond acceptors (Lipinski definition) is 5. The second kappa shape index (κ2) is 8.38. The van der Waals surface area contributed by atoms with E-state index in [2.05, 4.69) is 29.4 Å². The Morgan fingerprint density at radius 1 is 0.771 bits per heavy atom. The van der Waals surface area contributed by atoms with E-state index in [-0.39, 0.29) is 23.7 Å². The van der Waals surface area contributed by atoms with Crippen LogP contribution in [0.1, 0.15) is 53.5 Å². The number of amides is 2. The van der Waals surface area contributed by atoms with Crippen LogP contribution in [0.3, 0.4) is 0 Å². The Hall–Kier alpha value is -3.93. The number of benzene rings is 3. The first kappa shape index (κ1) is 21.6. The summed E-state index contributed by atoms with van der Waals surface area (Å²) < 4.78 is 11.3. The summed E-state index contributed by atoms with van der Waals surface area (Å²) in [5.41, 5.74) is 5.27. The van der Waals surface area contributed by atoms with E-state index >= 15 is 0 Å². The van der Waals surface area contributed by atoms with Crippen LogP contribution in [0.4, 0.5) is 0 Å². The van der Waals surface area contributed by atoms with Crippen LogP contribution in [-0.2, 0) is 9.59 Å². The van der Waals surface area contributed by atoms with Gasteiger partial charge >= 0.3 is 0 Å². The van der Waals surface area contributed by atoms with Crippen LogP contribution in [0, 0.1) is 11.8 Å². The van der Waals surface area contributed by atoms with E-state index < -0.39 is 11.8 Å². The molecule has 4 aliphatic rings. The van der Waals surface area contributed by atoms with Gasteiger partial charge in [0.05, 0.1) is 31.3 Å². The van der Waals surface area contributed by atoms with Gasteiger partial charge < -0.3 is 9.47 Å². The second-order valence-corrected chi connectivity index (χ2v) is 9.06. The van der Waals surface area contributed by atoms with Crippen LogP contribution < -0.4 is 9.47 Å². The van der Waals surface area contributed by atoms with E-state index in [1.54, 1.807) is 6.07 Å². The van der Waals surface area contributed by atoms with Crippen molar-refractivity contribution in [2.75, 3.05) is 13.2 Å². The molecular formula is C29H26N2O4. The molecule has 1 saturated heterocycles. The van der Waals surface area contributed by atoms with Crippen molar-refractivity contribution in [1.29, 1.82) is 0 Å². The summed E-state index contributed by atoms with van der Waals surface area (Å²) in [6.07, 6.45) is 1.54. The molecule has 3 aliphatic carbocycles. The lowest BCUT2D eigenvalue weighted by Gasteiger charge is -2.45. The first-order valence-electron chi connectivity index (χ1n) is 12.1. The average molecular weight is 467 g/mol. The van der Waals surface area contributed by atoms with Crippen molar-refractivity contribution in [3.63, 3.8) is 0 Å². The predicted molar refractivity (Wildman–Crippen MR) is 132 cm³/mol. The van der Waals surface area contributed by atoms with Gasteiger partial charge in [-0.2, -0.15) is 10.1 Å². The van der Waals surface area contributed by atoms with Gasteiger partial charge in [0.2, 0.25) is 0 Å². The molecule has 1 heterocycles. The second-order valence-electron chi connectivity index (χ2n) is 9.06. The molecule has 0 aromatic heterocycles. The number of imide groups is 1. The van der Waals surface area contributed by atoms with Crippen LogP contribution >= 0.6 is 0 Å². The van der Waals surface area contributed by atoms with Gasteiger partial charge in [0.25, 0.3) is 11.8 Å². The number of ether oxygens (including phenoxy) is 2. The monoisotopic (exact) mass is 466 g/mol. The van der Waals surface area contributed by atoms with E-state index in [1.165, 1.54) is 6.21 Å². The molecule has 0 saturated carbocycles. The number of carbonyl (C=O) groups excluding carboxylic acids is 2. The van der Waals surface area contributed by atoms with E-state index in [4.69, 9.17) is 9.47 Å². The van der Waals surface area contributed by atoms with Crippen molar-refractivity contribution < 1.29 is 19.1 Å². The molecule has 6 heteroatoms. The Morgan fingerprint density at radius 2 is 1.29 bits per heavy atom. The number of carbonyl (C=O) groups is 2. The van der Waals surface area contributed by atoms with Gasteiger partial charge in [-0.25, -0.2) is 0 Å². The quantitative estimate of drug-likeness (QED) is 0.390. The smallest absolute Gasteiger partial charge is 0.254 e. The maximum absolute atomic E-state index is 13.7. The highest BCUT2D eigenvalue weighted by atomic mass is 16.5. The van der Waals surface area contributed by atoms with Crippen LogP contribution in [0.2, 0.25) is 0 Å². The third kappa shape index (κ3) is 3.20. The number of hydrazone groups is 1. The van der Waals surface area contributed by atoms with Gasteiger partial charge in [-0.15, -0.1) is 0 Å². The molecule has 7 rings (SSSR count). The Balaban J connectivity index is 1.38. The van der Waals surface area contributed by atoms with E-state index in [9.17, 15) is 9.59 Å². The van der Waals surface area contributed by atoms with Gasteiger partial charge in [0, 0.05) is 23.5 Å². The molecule has 2 unspecified atom stereocenters. The lowest BCUT2D eigenvalue weighted by atomic mass is 9.55. The van der Waals surface area contributed by atoms with E-state index in [1.807, 2.05) is 50.2 Å². The van der Waals surface area contributed by atoms with E-state index in [0.29, 0.717) is 30.3 Å². The molecule has 0 spiro atoms. The molecule has 176 valence electrons. The van der Waals surface area contributed by atoms with Crippen molar-refractivity contribution in [1.82, 2.24) is 5.01 Å². The highest BCUT2D eigenvalue weighted by Crippen LogP contribution is 2.60. The number of rotatable bonds is 6. The Labute approximate surface area is 204 Å². The lowest BCUT2D eigenvalue weighted by molar-refractivity contribution is -0.139. The SMILES string of the molecule is CCOc1ccc(/C=N/N2C(=O)C3C4c5ccccc5C(c5ccccc54)C3C2=O)c(OCC)c1. The van der Waals surface area contributed by atoms with Gasteiger partial charge in [-0.3, -0.25) is 9.59 Å². The summed E-state index contributed by atoms with van der Waals surface area (Å²) in [5, 5.41) is 5.49. The van der Waals surface area contributed by atoms with Crippen molar-refractivity contribution >= 4 is 18.0 Å². The van der Waals surface area contributed by atoms with Crippen LogP contribution in [0.25, 0.3) is 0 Å². The summed E-state index contributed by atoms with van der Waals surface area (Å²) in [6, 6.07) is 21.9. The van der Waals surface area contributed by atoms with Crippen molar-refractivity contribution in [2.24, 2.45) is 16.9 Å². The molecular weight excluding hydrogens is 440 g/mol. The van der Waals surface area contributed by atoms with Gasteiger partial charge in [0.15, 0.2) is 0 Å². The molecule has 2 bridgehead atoms. The highest BCUT2D eigenvalue weighted by molar-refractivity contribution is 6.08. The average Bonchev–Trinajstić information content (AvgIpc) is 3.14. The Kier molecular flexibility index (Phi) is 5.17. The fraction of sp³-hybridized carbons (Fsp3) is 0.276. The van der Waals surface area contributed by atoms with Gasteiger partial charge in [-0.05, 0) is 48.2 Å². The molecule has 2 atom stereocenters. The normalized spacial score (nSPS) is 23.9. The maximum atomic E-state index is 13.7. The van der Waals surface area contributed by atoms with Crippen molar-refractivity contribution in [3.05, 3.63) is 94.5 Å². The minimum atomic E-state index is -0.443. The van der Waals surface area contributed by atoms with Crippen molar-refractivity contribution in [3.8, 4) is 11.5 Å². The minimum Gasteiger partial charge on any atom is -0.494 e. The number of hydrogen-bond donors (Lipinski definition) is 0. The molecule has 3 aromatic carbocycles. The van der Waals surface area contributed by atoms with Gasteiger partial charge in [-0.1, -0.05) is 48.5 Å². The molecule has 1 fully saturated rings. The first-order valence-corrected chi connectivity index (χ1v) is 12.1. The predicted octanol–water partition coefficient (Wildman–Crippen LogP) is 4.71. The van der Waals surface area contributed by atoms with Crippen LogP contribution in [0.15, 0.2) is 71.8 Å². The lowest BCUT2D eigenvalue weighted by Crippen LogP contribution is -2.41. The summed E-state index contributed by atoms with van der Waals surface area (Å²) >= 11 is 0. The molecule has 2 amide bonds. The molecule has 6 nitrogen and oxygen atoms in total. The molecule has 1 aliphatic heterocycles. The standard InChI is InChI=1S/C29H26N2O4/c1-3-34-18-14-13-17(23(15-18)35-4-2)16-30-31-28(32)26-24-19-9-5-6-10-20(19)25(27(26)29(31)33)22-12-8-7-11-21(22)24/h5-16,24-27H,3-4H2,1-2H3/b30-16+. The summed E-state index contributed by atoms with van der Waals surface area (Å²) in [5.74, 6) is -0.351. The zero-order valence-electron chi connectivity index (χ0n) is 19.7. The number of nitrogens with zero attached hydrogens (tertiary/aromatic N) is 2. The third-order valence-corrected chi connectivity index (χ3v) is 7.33. The molecule has 3 aromatic rings. The van der Waals surface area contributed by atoms with Crippen LogP contribution in [0.5, 0.6) is 11.5 Å². The highest BCUT2D eigenvalue weighted by Gasteiger charge is 2.61. The fourth-order valence-electron chi connectivity index (χ4n) is 6.05. The molecule has 0 radical (unpaired) electrons. The van der Waals surface area contributed by atoms with E-state index in [0.717, 1.165) is 27.3 Å². The maximum Gasteiger partial charge on any atom is 0.254 e. The summed E-state index contributed by atoms with van der Waals surface area (Å²) in [4.78, 5) is 27.3. The van der Waals surface area contributed by atoms with Crippen LogP contribution in [-0.4, -0.2) is 36.3 Å². The van der Waals surface area contributed by atoms with Crippen molar-refractivity contribution in [2.45, 2.75) is 25.7 Å². The zero-order chi connectivity index (χ0) is 24.1. The largest absolute Gasteiger partial charge is 0.494 e. The Morgan fingerprint density at radius 3 is 1.77 bits per heavy atom. The minimum absolute atomic E-state index is 0.140. The first-order chi connectivity index (χ1) is 17.1. The van der Waals surface area contributed by atoms with Gasteiger partial charge in [0.1, 0.15) is 11.5 Å². The third-order valence-electron chi connectivity index (χ3n) is 7.33.